The zero-order chi connectivity index (χ0) is 15.0. The largest absolute Gasteiger partial charge is 0.480 e. The fourth-order valence-electron chi connectivity index (χ4n) is 2.76. The molecule has 1 N–H and O–H groups in total. The minimum absolute atomic E-state index is 0.0113. The summed E-state index contributed by atoms with van der Waals surface area (Å²) in [6.45, 7) is 0.384. The van der Waals surface area contributed by atoms with Gasteiger partial charge >= 0.3 is 0 Å². The maximum Gasteiger partial charge on any atom is 0.261 e. The number of benzene rings is 1. The Morgan fingerprint density at radius 2 is 2.24 bits per heavy atom. The molecule has 2 heterocycles. The predicted octanol–water partition coefficient (Wildman–Crippen LogP) is 1.19. The first-order valence-corrected chi connectivity index (χ1v) is 9.06. The molecule has 2 atom stereocenters. The van der Waals surface area contributed by atoms with Crippen molar-refractivity contribution in [3.05, 3.63) is 28.8 Å². The van der Waals surface area contributed by atoms with Gasteiger partial charge in [-0.3, -0.25) is 4.79 Å². The summed E-state index contributed by atoms with van der Waals surface area (Å²) in [4.78, 5) is 12.1. The van der Waals surface area contributed by atoms with Crippen molar-refractivity contribution in [1.82, 2.24) is 5.32 Å². The van der Waals surface area contributed by atoms with Crippen LogP contribution >= 0.6 is 11.6 Å². The van der Waals surface area contributed by atoms with Crippen molar-refractivity contribution < 1.29 is 17.9 Å². The fraction of sp³-hybridized carbons (Fsp3) is 0.500. The Kier molecular flexibility index (Phi) is 3.84. The number of rotatable bonds is 3. The summed E-state index contributed by atoms with van der Waals surface area (Å²) in [5, 5.41) is 3.41. The van der Waals surface area contributed by atoms with Crippen LogP contribution in [0.1, 0.15) is 12.0 Å². The van der Waals surface area contributed by atoms with Gasteiger partial charge in [0.15, 0.2) is 15.9 Å². The number of carbonyl (C=O) groups excluding carboxylic acids is 1. The van der Waals surface area contributed by atoms with Crippen molar-refractivity contribution in [2.45, 2.75) is 18.9 Å². The lowest BCUT2D eigenvalue weighted by Crippen LogP contribution is -2.40. The number of hydrogen-bond acceptors (Lipinski definition) is 4. The van der Waals surface area contributed by atoms with E-state index in [-0.39, 0.29) is 23.3 Å². The third-order valence-corrected chi connectivity index (χ3v) is 5.95. The van der Waals surface area contributed by atoms with Crippen LogP contribution in [0, 0.1) is 5.92 Å². The molecule has 2 aliphatic rings. The molecule has 1 fully saturated rings. The summed E-state index contributed by atoms with van der Waals surface area (Å²) in [7, 11) is -2.91. The number of fused-ring (bicyclic) bond motifs is 1. The molecule has 5 nitrogen and oxygen atoms in total. The molecule has 0 spiro atoms. The van der Waals surface area contributed by atoms with E-state index in [1.54, 1.807) is 18.2 Å². The summed E-state index contributed by atoms with van der Waals surface area (Å²) in [6, 6.07) is 5.28. The summed E-state index contributed by atoms with van der Waals surface area (Å²) in [5.74, 6) is 0.873. The average molecular weight is 330 g/mol. The third-order valence-electron chi connectivity index (χ3n) is 3.88. The van der Waals surface area contributed by atoms with Gasteiger partial charge in [-0.25, -0.2) is 8.42 Å². The molecule has 1 aromatic carbocycles. The lowest BCUT2D eigenvalue weighted by atomic mass is 10.1. The lowest BCUT2D eigenvalue weighted by molar-refractivity contribution is -0.127. The second-order valence-electron chi connectivity index (χ2n) is 5.58. The van der Waals surface area contributed by atoms with Gasteiger partial charge in [0.2, 0.25) is 0 Å². The maximum absolute atomic E-state index is 12.1. The second-order valence-corrected chi connectivity index (χ2v) is 8.24. The maximum atomic E-state index is 12.1. The number of sulfone groups is 1. The molecule has 0 aromatic heterocycles. The molecule has 7 heteroatoms. The SMILES string of the molecule is O=C(NC[C@@H]1CCS(=O)(=O)C1)[C@@H]1Cc2cc(Cl)ccc2O1. The monoisotopic (exact) mass is 329 g/mol. The van der Waals surface area contributed by atoms with Gasteiger partial charge in [-0.15, -0.1) is 0 Å². The van der Waals surface area contributed by atoms with Crippen molar-refractivity contribution in [1.29, 1.82) is 0 Å². The number of halogens is 1. The first kappa shape index (κ1) is 14.7. The number of ether oxygens (including phenoxy) is 1. The number of nitrogens with one attached hydrogen (secondary N) is 1. The van der Waals surface area contributed by atoms with Crippen LogP contribution in [0.4, 0.5) is 0 Å². The van der Waals surface area contributed by atoms with E-state index >= 15 is 0 Å². The van der Waals surface area contributed by atoms with Crippen LogP contribution in [0.25, 0.3) is 0 Å². The van der Waals surface area contributed by atoms with Crippen molar-refractivity contribution in [3.63, 3.8) is 0 Å². The summed E-state index contributed by atoms with van der Waals surface area (Å²) in [5.41, 5.74) is 0.922. The molecule has 21 heavy (non-hydrogen) atoms. The van der Waals surface area contributed by atoms with E-state index < -0.39 is 15.9 Å². The summed E-state index contributed by atoms with van der Waals surface area (Å²) in [6.07, 6.45) is 0.547. The Balaban J connectivity index is 1.54. The zero-order valence-electron chi connectivity index (χ0n) is 11.3. The molecule has 0 bridgehead atoms. The van der Waals surface area contributed by atoms with Crippen LogP contribution in [0.3, 0.4) is 0 Å². The van der Waals surface area contributed by atoms with Gasteiger partial charge in [-0.05, 0) is 36.1 Å². The fourth-order valence-corrected chi connectivity index (χ4v) is 4.81. The van der Waals surface area contributed by atoms with Gasteiger partial charge in [0.1, 0.15) is 5.75 Å². The van der Waals surface area contributed by atoms with Crippen LogP contribution in [-0.2, 0) is 21.1 Å². The van der Waals surface area contributed by atoms with E-state index in [4.69, 9.17) is 16.3 Å². The molecule has 1 amide bonds. The van der Waals surface area contributed by atoms with Gasteiger partial charge in [0.05, 0.1) is 11.5 Å². The van der Waals surface area contributed by atoms with E-state index in [9.17, 15) is 13.2 Å². The minimum Gasteiger partial charge on any atom is -0.480 e. The summed E-state index contributed by atoms with van der Waals surface area (Å²) >= 11 is 5.91. The van der Waals surface area contributed by atoms with Crippen molar-refractivity contribution in [2.24, 2.45) is 5.92 Å². The van der Waals surface area contributed by atoms with E-state index in [1.807, 2.05) is 0 Å². The first-order valence-electron chi connectivity index (χ1n) is 6.86. The number of hydrogen-bond donors (Lipinski definition) is 1. The number of carbonyl (C=O) groups is 1. The Hall–Kier alpha value is -1.27. The molecule has 1 aromatic rings. The Morgan fingerprint density at radius 1 is 1.43 bits per heavy atom. The lowest BCUT2D eigenvalue weighted by Gasteiger charge is -2.13. The molecule has 0 radical (unpaired) electrons. The molecule has 3 rings (SSSR count). The highest BCUT2D eigenvalue weighted by molar-refractivity contribution is 7.91. The molecule has 0 unspecified atom stereocenters. The van der Waals surface area contributed by atoms with Crippen LogP contribution in [0.2, 0.25) is 5.02 Å². The Bertz CT molecular complexity index is 674. The standard InChI is InChI=1S/C14H16ClNO4S/c15-11-1-2-12-10(5-11)6-13(20-12)14(17)16-7-9-3-4-21(18,19)8-9/h1-2,5,9,13H,3-4,6-8H2,(H,16,17)/t9-,13-/m0/s1. The van der Waals surface area contributed by atoms with E-state index in [0.29, 0.717) is 30.2 Å². The highest BCUT2D eigenvalue weighted by atomic mass is 35.5. The smallest absolute Gasteiger partial charge is 0.261 e. The zero-order valence-corrected chi connectivity index (χ0v) is 12.9. The highest BCUT2D eigenvalue weighted by Crippen LogP contribution is 2.31. The topological polar surface area (TPSA) is 72.5 Å². The van der Waals surface area contributed by atoms with Crippen molar-refractivity contribution >= 4 is 27.3 Å². The van der Waals surface area contributed by atoms with Gasteiger partial charge in [0.25, 0.3) is 5.91 Å². The molecular formula is C14H16ClNO4S. The normalized spacial score (nSPS) is 26.1. The molecule has 0 aliphatic carbocycles. The van der Waals surface area contributed by atoms with Gasteiger partial charge in [-0.2, -0.15) is 0 Å². The minimum atomic E-state index is -2.91. The second kappa shape index (κ2) is 5.50. The third kappa shape index (κ3) is 3.32. The van der Waals surface area contributed by atoms with Gasteiger partial charge in [-0.1, -0.05) is 11.6 Å². The quantitative estimate of drug-likeness (QED) is 0.904. The van der Waals surface area contributed by atoms with Gasteiger partial charge in [0, 0.05) is 18.0 Å². The first-order chi connectivity index (χ1) is 9.93. The van der Waals surface area contributed by atoms with Crippen LogP contribution in [0.15, 0.2) is 18.2 Å². The van der Waals surface area contributed by atoms with Crippen molar-refractivity contribution in [2.75, 3.05) is 18.1 Å². The molecule has 114 valence electrons. The molecule has 0 saturated carbocycles. The molecule has 1 saturated heterocycles. The predicted molar refractivity (Wildman–Crippen MR) is 79.3 cm³/mol. The van der Waals surface area contributed by atoms with Crippen LogP contribution in [0.5, 0.6) is 5.75 Å². The van der Waals surface area contributed by atoms with E-state index in [0.717, 1.165) is 5.56 Å². The highest BCUT2D eigenvalue weighted by Gasteiger charge is 2.31. The van der Waals surface area contributed by atoms with Gasteiger partial charge < -0.3 is 10.1 Å². The van der Waals surface area contributed by atoms with Crippen LogP contribution < -0.4 is 10.1 Å². The average Bonchev–Trinajstić information content (AvgIpc) is 2.98. The Morgan fingerprint density at radius 3 is 2.95 bits per heavy atom. The molecule has 2 aliphatic heterocycles. The number of amides is 1. The summed E-state index contributed by atoms with van der Waals surface area (Å²) < 4.78 is 28.3. The van der Waals surface area contributed by atoms with Crippen LogP contribution in [-0.4, -0.2) is 38.5 Å². The molecular weight excluding hydrogens is 314 g/mol. The van der Waals surface area contributed by atoms with Crippen molar-refractivity contribution in [3.8, 4) is 5.75 Å². The van der Waals surface area contributed by atoms with E-state index in [1.165, 1.54) is 0 Å². The Labute approximate surface area is 128 Å². The van der Waals surface area contributed by atoms with E-state index in [2.05, 4.69) is 5.32 Å².